The maximum absolute atomic E-state index is 14.0. The number of likely N-dealkylation sites (tertiary alicyclic amines) is 1. The Morgan fingerprint density at radius 3 is 2.64 bits per heavy atom. The van der Waals surface area contributed by atoms with Crippen LogP contribution in [0.15, 0.2) is 24.3 Å². The Morgan fingerprint density at radius 1 is 1.14 bits per heavy atom. The lowest BCUT2D eigenvalue weighted by molar-refractivity contribution is -0.0232. The Kier molecular flexibility index (Phi) is 5.48. The van der Waals surface area contributed by atoms with Crippen molar-refractivity contribution in [3.63, 3.8) is 0 Å². The van der Waals surface area contributed by atoms with Gasteiger partial charge in [-0.25, -0.2) is 4.39 Å². The van der Waals surface area contributed by atoms with Gasteiger partial charge in [-0.15, -0.1) is 0 Å². The fourth-order valence-corrected chi connectivity index (χ4v) is 4.27. The highest BCUT2D eigenvalue weighted by Crippen LogP contribution is 2.30. The Bertz CT molecular complexity index is 472. The predicted molar refractivity (Wildman–Crippen MR) is 87.5 cm³/mol. The van der Waals surface area contributed by atoms with Crippen LogP contribution < -0.4 is 0 Å². The number of hydrogen-bond acceptors (Lipinski definition) is 2. The van der Waals surface area contributed by atoms with Gasteiger partial charge in [0.25, 0.3) is 0 Å². The maximum Gasteiger partial charge on any atom is 0.126 e. The summed E-state index contributed by atoms with van der Waals surface area (Å²) in [4.78, 5) is 2.65. The molecule has 2 aliphatic rings. The molecule has 1 heterocycles. The minimum Gasteiger partial charge on any atom is -0.381 e. The van der Waals surface area contributed by atoms with E-state index in [4.69, 9.17) is 4.74 Å². The summed E-state index contributed by atoms with van der Waals surface area (Å²) in [6.45, 7) is 2.19. The summed E-state index contributed by atoms with van der Waals surface area (Å²) in [5, 5.41) is 0. The Hall–Kier alpha value is -0.930. The largest absolute Gasteiger partial charge is 0.381 e. The van der Waals surface area contributed by atoms with Gasteiger partial charge in [-0.2, -0.15) is 0 Å². The molecule has 2 fully saturated rings. The minimum absolute atomic E-state index is 0.0767. The minimum atomic E-state index is -0.0767. The van der Waals surface area contributed by atoms with Crippen molar-refractivity contribution >= 4 is 0 Å². The van der Waals surface area contributed by atoms with Crippen molar-refractivity contribution in [2.45, 2.75) is 57.1 Å². The zero-order valence-corrected chi connectivity index (χ0v) is 13.6. The highest BCUT2D eigenvalue weighted by molar-refractivity contribution is 5.18. The van der Waals surface area contributed by atoms with Crippen molar-refractivity contribution < 1.29 is 9.13 Å². The molecule has 2 atom stereocenters. The van der Waals surface area contributed by atoms with E-state index >= 15 is 0 Å². The molecule has 1 saturated heterocycles. The molecule has 22 heavy (non-hydrogen) atoms. The number of nitrogens with zero attached hydrogens (tertiary/aromatic N) is 1. The van der Waals surface area contributed by atoms with Crippen LogP contribution in [0.25, 0.3) is 0 Å². The van der Waals surface area contributed by atoms with E-state index in [1.165, 1.54) is 32.1 Å². The molecule has 1 aromatic carbocycles. The average Bonchev–Trinajstić information content (AvgIpc) is 2.58. The van der Waals surface area contributed by atoms with Crippen LogP contribution in [0, 0.1) is 11.7 Å². The first kappa shape index (κ1) is 15.9. The van der Waals surface area contributed by atoms with Gasteiger partial charge in [-0.3, -0.25) is 4.90 Å². The SMILES string of the molecule is CO[C@@H]1CCN(C2CCCCC2)C[C@H]1Cc1ccccc1F. The lowest BCUT2D eigenvalue weighted by atomic mass is 9.85. The molecule has 2 nitrogen and oxygen atoms in total. The highest BCUT2D eigenvalue weighted by Gasteiger charge is 2.33. The molecule has 122 valence electrons. The average molecular weight is 305 g/mol. The van der Waals surface area contributed by atoms with E-state index in [0.717, 1.165) is 37.5 Å². The van der Waals surface area contributed by atoms with Gasteiger partial charge in [0.15, 0.2) is 0 Å². The number of piperidine rings is 1. The van der Waals surface area contributed by atoms with Gasteiger partial charge in [0.1, 0.15) is 5.82 Å². The predicted octanol–water partition coefficient (Wildman–Crippen LogP) is 4.04. The second-order valence-electron chi connectivity index (χ2n) is 6.91. The van der Waals surface area contributed by atoms with Crippen LogP contribution in [0.3, 0.4) is 0 Å². The third kappa shape index (κ3) is 3.69. The summed E-state index contributed by atoms with van der Waals surface area (Å²) < 4.78 is 19.7. The van der Waals surface area contributed by atoms with Crippen LogP contribution in [0.5, 0.6) is 0 Å². The fourth-order valence-electron chi connectivity index (χ4n) is 4.27. The van der Waals surface area contributed by atoms with Crippen LogP contribution in [0.1, 0.15) is 44.1 Å². The van der Waals surface area contributed by atoms with Gasteiger partial charge in [0.05, 0.1) is 6.10 Å². The summed E-state index contributed by atoms with van der Waals surface area (Å²) in [5.41, 5.74) is 0.833. The van der Waals surface area contributed by atoms with Crippen molar-refractivity contribution in [2.24, 2.45) is 5.92 Å². The van der Waals surface area contributed by atoms with Crippen LogP contribution in [0.4, 0.5) is 4.39 Å². The van der Waals surface area contributed by atoms with E-state index in [-0.39, 0.29) is 11.9 Å². The summed E-state index contributed by atoms with van der Waals surface area (Å²) in [7, 11) is 1.80. The second-order valence-corrected chi connectivity index (χ2v) is 6.91. The zero-order chi connectivity index (χ0) is 15.4. The van der Waals surface area contributed by atoms with E-state index in [2.05, 4.69) is 4.90 Å². The summed E-state index contributed by atoms with van der Waals surface area (Å²) >= 11 is 0. The molecular weight excluding hydrogens is 277 g/mol. The Balaban J connectivity index is 1.67. The van der Waals surface area contributed by atoms with Crippen molar-refractivity contribution in [3.05, 3.63) is 35.6 Å². The monoisotopic (exact) mass is 305 g/mol. The highest BCUT2D eigenvalue weighted by atomic mass is 19.1. The summed E-state index contributed by atoms with van der Waals surface area (Å²) in [6, 6.07) is 7.93. The molecule has 0 amide bonds. The van der Waals surface area contributed by atoms with Gasteiger partial charge < -0.3 is 4.74 Å². The van der Waals surface area contributed by atoms with Gasteiger partial charge in [-0.1, -0.05) is 37.5 Å². The lowest BCUT2D eigenvalue weighted by Crippen LogP contribution is -2.49. The molecule has 0 N–H and O–H groups in total. The van der Waals surface area contributed by atoms with Crippen LogP contribution in [0.2, 0.25) is 0 Å². The lowest BCUT2D eigenvalue weighted by Gasteiger charge is -2.43. The molecular formula is C19H28FNO. The third-order valence-corrected chi connectivity index (χ3v) is 5.53. The normalized spacial score (nSPS) is 27.9. The Morgan fingerprint density at radius 2 is 1.91 bits per heavy atom. The molecule has 0 unspecified atom stereocenters. The Labute approximate surface area is 133 Å². The molecule has 1 aromatic rings. The summed E-state index contributed by atoms with van der Waals surface area (Å²) in [6.07, 6.45) is 8.93. The van der Waals surface area contributed by atoms with E-state index in [1.54, 1.807) is 19.2 Å². The quantitative estimate of drug-likeness (QED) is 0.832. The van der Waals surface area contributed by atoms with Crippen molar-refractivity contribution in [2.75, 3.05) is 20.2 Å². The number of benzene rings is 1. The molecule has 1 saturated carbocycles. The van der Waals surface area contributed by atoms with Crippen molar-refractivity contribution in [1.29, 1.82) is 0 Å². The van der Waals surface area contributed by atoms with E-state index < -0.39 is 0 Å². The number of hydrogen-bond donors (Lipinski definition) is 0. The summed E-state index contributed by atoms with van der Waals surface area (Å²) in [5.74, 6) is 0.324. The molecule has 3 rings (SSSR count). The number of halogens is 1. The first-order valence-corrected chi connectivity index (χ1v) is 8.78. The van der Waals surface area contributed by atoms with Gasteiger partial charge >= 0.3 is 0 Å². The van der Waals surface area contributed by atoms with Crippen molar-refractivity contribution in [1.82, 2.24) is 4.90 Å². The number of ether oxygens (including phenoxy) is 1. The fraction of sp³-hybridized carbons (Fsp3) is 0.684. The second kappa shape index (κ2) is 7.56. The van der Waals surface area contributed by atoms with Crippen LogP contribution >= 0.6 is 0 Å². The molecule has 0 spiro atoms. The van der Waals surface area contributed by atoms with Crippen LogP contribution in [-0.2, 0) is 11.2 Å². The first-order chi connectivity index (χ1) is 10.8. The van der Waals surface area contributed by atoms with E-state index in [0.29, 0.717) is 5.92 Å². The third-order valence-electron chi connectivity index (χ3n) is 5.53. The molecule has 1 aliphatic heterocycles. The van der Waals surface area contributed by atoms with E-state index in [1.807, 2.05) is 12.1 Å². The zero-order valence-electron chi connectivity index (χ0n) is 13.6. The molecule has 0 bridgehead atoms. The van der Waals surface area contributed by atoms with E-state index in [9.17, 15) is 4.39 Å². The smallest absolute Gasteiger partial charge is 0.126 e. The van der Waals surface area contributed by atoms with Gasteiger partial charge in [0.2, 0.25) is 0 Å². The number of methoxy groups -OCH3 is 1. The number of rotatable bonds is 4. The molecule has 0 radical (unpaired) electrons. The van der Waals surface area contributed by atoms with Crippen LogP contribution in [-0.4, -0.2) is 37.2 Å². The first-order valence-electron chi connectivity index (χ1n) is 8.78. The molecule has 3 heteroatoms. The van der Waals surface area contributed by atoms with Gasteiger partial charge in [0, 0.05) is 32.2 Å². The molecule has 0 aromatic heterocycles. The van der Waals surface area contributed by atoms with Gasteiger partial charge in [-0.05, 0) is 37.3 Å². The maximum atomic E-state index is 14.0. The van der Waals surface area contributed by atoms with Crippen molar-refractivity contribution in [3.8, 4) is 0 Å². The standard InChI is InChI=1S/C19H28FNO/c1-22-19-11-12-21(17-8-3-2-4-9-17)14-16(19)13-15-7-5-6-10-18(15)20/h5-7,10,16-17,19H,2-4,8-9,11-14H2,1H3/t16-,19-/m1/s1. The topological polar surface area (TPSA) is 12.5 Å². The molecule has 1 aliphatic carbocycles.